The molecule has 1 atom stereocenters. The number of hydrogen-bond donors (Lipinski definition) is 0. The molecule has 1 heterocycles. The van der Waals surface area contributed by atoms with Crippen LogP contribution in [0.3, 0.4) is 0 Å². The van der Waals surface area contributed by atoms with Crippen LogP contribution in [-0.4, -0.2) is 8.07 Å². The Morgan fingerprint density at radius 2 is 1.38 bits per heavy atom. The maximum absolute atomic E-state index is 2.59. The van der Waals surface area contributed by atoms with Crippen molar-refractivity contribution in [3.63, 3.8) is 0 Å². The molecule has 199 valence electrons. The summed E-state index contributed by atoms with van der Waals surface area (Å²) < 4.78 is 0. The van der Waals surface area contributed by atoms with Gasteiger partial charge in [0.1, 0.15) is 0 Å². The molecule has 1 radical (unpaired) electrons. The topological polar surface area (TPSA) is 0 Å². The van der Waals surface area contributed by atoms with Crippen LogP contribution in [-0.2, 0) is 26.2 Å². The smallest absolute Gasteiger partial charge is 1.00 e. The number of hydrogen-bond acceptors (Lipinski definition) is 0. The second-order valence-electron chi connectivity index (χ2n) is 11.8. The zero-order chi connectivity index (χ0) is 25.5. The van der Waals surface area contributed by atoms with Gasteiger partial charge in [-0.2, -0.15) is 0 Å². The molecular weight excluding hydrogens is 623 g/mol. The Hall–Kier alpha value is -2.09. The van der Waals surface area contributed by atoms with E-state index in [1.165, 1.54) is 49.7 Å². The van der Waals surface area contributed by atoms with Crippen molar-refractivity contribution in [2.24, 2.45) is 5.92 Å². The van der Waals surface area contributed by atoms with Crippen LogP contribution in [0.1, 0.15) is 42.0 Å². The van der Waals surface area contributed by atoms with Gasteiger partial charge in [0.25, 0.3) is 0 Å². The number of aryl methyl sites for hydroxylation is 1. The Labute approximate surface area is 271 Å². The number of rotatable bonds is 4. The second kappa shape index (κ2) is 11.3. The summed E-state index contributed by atoms with van der Waals surface area (Å²) in [4.78, 5) is 0. The van der Waals surface area contributed by atoms with E-state index >= 15 is 0 Å². The van der Waals surface area contributed by atoms with Gasteiger partial charge in [0.05, 0.1) is 8.07 Å². The third kappa shape index (κ3) is 4.38. The summed E-state index contributed by atoms with van der Waals surface area (Å²) in [6.45, 7) is 12.2. The summed E-state index contributed by atoms with van der Waals surface area (Å²) in [5.74, 6) is 0.785. The van der Waals surface area contributed by atoms with E-state index in [0.717, 1.165) is 0 Å². The minimum atomic E-state index is -1.89. The van der Waals surface area contributed by atoms with Gasteiger partial charge in [-0.1, -0.05) is 141 Å². The molecule has 0 saturated carbocycles. The summed E-state index contributed by atoms with van der Waals surface area (Å²) in [6, 6.07) is 34.1. The largest absolute Gasteiger partial charge is 3.00 e. The molecule has 0 fully saturated rings. The summed E-state index contributed by atoms with van der Waals surface area (Å²) in [6.07, 6.45) is 2.52. The van der Waals surface area contributed by atoms with Crippen molar-refractivity contribution in [3.8, 4) is 22.3 Å². The van der Waals surface area contributed by atoms with Crippen LogP contribution in [0, 0.1) is 12.8 Å². The first-order valence-corrected chi connectivity index (χ1v) is 16.6. The van der Waals surface area contributed by atoms with Crippen molar-refractivity contribution in [1.29, 1.82) is 0 Å². The van der Waals surface area contributed by atoms with E-state index in [2.05, 4.69) is 131 Å². The molecule has 5 aromatic carbocycles. The fraction of sp³-hybridized carbons (Fsp3) is 0.194. The van der Waals surface area contributed by atoms with E-state index in [-0.39, 0.29) is 51.0 Å². The molecule has 7 rings (SSSR count). The average molecular weight is 656 g/mol. The number of benzene rings is 4. The molecule has 0 saturated heterocycles. The van der Waals surface area contributed by atoms with Gasteiger partial charge in [-0.3, -0.25) is 0 Å². The molecule has 1 aliphatic heterocycles. The minimum Gasteiger partial charge on any atom is -1.00 e. The monoisotopic (exact) mass is 653 g/mol. The molecule has 1 unspecified atom stereocenters. The van der Waals surface area contributed by atoms with Crippen LogP contribution >= 0.6 is 0 Å². The second-order valence-corrected chi connectivity index (χ2v) is 16.0. The van der Waals surface area contributed by atoms with Crippen LogP contribution in [0.4, 0.5) is 0 Å². The zero-order valence-corrected chi connectivity index (χ0v) is 28.6. The van der Waals surface area contributed by atoms with Crippen LogP contribution < -0.4 is 35.2 Å². The summed E-state index contributed by atoms with van der Waals surface area (Å²) in [7, 11) is -1.89. The molecule has 0 aromatic heterocycles. The van der Waals surface area contributed by atoms with Crippen LogP contribution in [0.2, 0.25) is 13.1 Å². The standard InChI is InChI=1S/C36H33Si.2ClH.Zr/c1-22(2)29-21-30-27(24-13-8-6-9-14-24)17-12-18-28(30)34(29)31-20-26-19-23(3)35-33(26)32(36(31)37(35,4)5)25-15-10-7-11-16-25;;;/h6-22,34H,1-5H3;2*1H;/q-1;;;+3/p-2. The van der Waals surface area contributed by atoms with Crippen molar-refractivity contribution >= 4 is 35.3 Å². The Bertz CT molecular complexity index is 1730. The molecule has 0 amide bonds. The van der Waals surface area contributed by atoms with Gasteiger partial charge in [-0.05, 0) is 33.7 Å². The maximum Gasteiger partial charge on any atom is 3.00 e. The summed E-state index contributed by atoms with van der Waals surface area (Å²) in [5, 5.41) is 6.28. The zero-order valence-electron chi connectivity index (χ0n) is 23.6. The Morgan fingerprint density at radius 3 is 2.00 bits per heavy atom. The Balaban J connectivity index is 0.00000123. The van der Waals surface area contributed by atoms with E-state index in [1.807, 2.05) is 0 Å². The van der Waals surface area contributed by atoms with Gasteiger partial charge in [0, 0.05) is 5.92 Å². The Kier molecular flexibility index (Phi) is 8.72. The molecule has 2 bridgehead atoms. The van der Waals surface area contributed by atoms with E-state index in [4.69, 9.17) is 0 Å². The SMILES string of the molecule is Cc1[cH-]c2cc(C3C(C(C)C)=Cc4c(-c5ccccc5)cccc43)c3c(-c4ccccc4)c2c1[Si]3(C)C.[Cl-].[Cl-].[Zr+3]. The fourth-order valence-electron chi connectivity index (χ4n) is 7.48. The molecule has 1 aliphatic carbocycles. The predicted molar refractivity (Wildman–Crippen MR) is 163 cm³/mol. The quantitative estimate of drug-likeness (QED) is 0.207. The molecule has 2 aliphatic rings. The first kappa shape index (κ1) is 30.9. The third-order valence-corrected chi connectivity index (χ3v) is 12.6. The van der Waals surface area contributed by atoms with Gasteiger partial charge in [0.15, 0.2) is 0 Å². The summed E-state index contributed by atoms with van der Waals surface area (Å²) >= 11 is 0. The number of fused-ring (bicyclic) bond motifs is 2. The van der Waals surface area contributed by atoms with Crippen LogP contribution in [0.15, 0.2) is 96.6 Å². The van der Waals surface area contributed by atoms with Crippen LogP contribution in [0.25, 0.3) is 39.1 Å². The van der Waals surface area contributed by atoms with Crippen molar-refractivity contribution in [2.75, 3.05) is 0 Å². The van der Waals surface area contributed by atoms with E-state index < -0.39 is 8.07 Å². The predicted octanol–water partition coefficient (Wildman–Crippen LogP) is 2.53. The van der Waals surface area contributed by atoms with Crippen molar-refractivity contribution < 1.29 is 51.0 Å². The minimum absolute atomic E-state index is 0. The number of allylic oxidation sites excluding steroid dienone is 1. The molecule has 0 N–H and O–H groups in total. The van der Waals surface area contributed by atoms with Gasteiger partial charge in [-0.15, -0.1) is 33.7 Å². The van der Waals surface area contributed by atoms with Gasteiger partial charge in [0.2, 0.25) is 0 Å². The third-order valence-electron chi connectivity index (χ3n) is 8.87. The van der Waals surface area contributed by atoms with Crippen molar-refractivity contribution in [3.05, 3.63) is 119 Å². The Morgan fingerprint density at radius 1 is 0.750 bits per heavy atom. The molecule has 5 aromatic rings. The van der Waals surface area contributed by atoms with Gasteiger partial charge in [-0.25, -0.2) is 0 Å². The van der Waals surface area contributed by atoms with Gasteiger partial charge < -0.3 is 24.8 Å². The van der Waals surface area contributed by atoms with E-state index in [1.54, 1.807) is 21.5 Å². The average Bonchev–Trinajstić information content (AvgIpc) is 3.51. The fourth-order valence-corrected chi connectivity index (χ4v) is 11.5. The molecule has 4 heteroatoms. The molecule has 0 nitrogen and oxygen atoms in total. The van der Waals surface area contributed by atoms with E-state index in [0.29, 0.717) is 11.8 Å². The first-order chi connectivity index (χ1) is 17.9. The van der Waals surface area contributed by atoms with Gasteiger partial charge >= 0.3 is 26.2 Å². The van der Waals surface area contributed by atoms with E-state index in [9.17, 15) is 0 Å². The maximum atomic E-state index is 2.59. The normalized spacial score (nSPS) is 15.8. The van der Waals surface area contributed by atoms with Crippen molar-refractivity contribution in [1.82, 2.24) is 0 Å². The first-order valence-electron chi connectivity index (χ1n) is 13.6. The van der Waals surface area contributed by atoms with Crippen LogP contribution in [0.5, 0.6) is 0 Å². The van der Waals surface area contributed by atoms with Crippen molar-refractivity contribution in [2.45, 2.75) is 39.8 Å². The molecule has 0 spiro atoms. The molecule has 40 heavy (non-hydrogen) atoms. The molecular formula is C36H33Cl2SiZr. The summed E-state index contributed by atoms with van der Waals surface area (Å²) in [5.41, 5.74) is 13.0. The number of halogens is 2.